The Kier molecular flexibility index (Phi) is 1.99. The van der Waals surface area contributed by atoms with E-state index in [1.54, 1.807) is 0 Å². The third kappa shape index (κ3) is 1.38. The molecule has 0 saturated carbocycles. The average molecular weight is 207 g/mol. The zero-order valence-corrected chi connectivity index (χ0v) is 9.33. The number of hydrogen-bond donors (Lipinski definition) is 3. The SMILES string of the molecule is CC1CNc2nc(N)nc(N)c2C1(C)C. The number of nitrogens with two attached hydrogens (primary N) is 2. The quantitative estimate of drug-likeness (QED) is 0.590. The highest BCUT2D eigenvalue weighted by Gasteiger charge is 2.37. The molecule has 2 rings (SSSR count). The Hall–Kier alpha value is -1.52. The molecule has 82 valence electrons. The van der Waals surface area contributed by atoms with Crippen molar-refractivity contribution in [2.75, 3.05) is 23.3 Å². The maximum Gasteiger partial charge on any atom is 0.223 e. The molecule has 0 fully saturated rings. The van der Waals surface area contributed by atoms with Crippen molar-refractivity contribution in [1.82, 2.24) is 9.97 Å². The third-order valence-corrected chi connectivity index (χ3v) is 3.41. The Morgan fingerprint density at radius 2 is 2.00 bits per heavy atom. The molecule has 5 N–H and O–H groups in total. The first-order chi connectivity index (χ1) is 6.93. The number of aromatic nitrogens is 2. The summed E-state index contributed by atoms with van der Waals surface area (Å²) in [6, 6.07) is 0. The van der Waals surface area contributed by atoms with Gasteiger partial charge in [-0.3, -0.25) is 0 Å². The largest absolute Gasteiger partial charge is 0.383 e. The van der Waals surface area contributed by atoms with Gasteiger partial charge in [-0.15, -0.1) is 0 Å². The van der Waals surface area contributed by atoms with Crippen LogP contribution in [0.5, 0.6) is 0 Å². The Morgan fingerprint density at radius 1 is 1.33 bits per heavy atom. The highest BCUT2D eigenvalue weighted by molar-refractivity contribution is 5.63. The molecule has 1 aromatic rings. The topological polar surface area (TPSA) is 89.8 Å². The van der Waals surface area contributed by atoms with E-state index in [-0.39, 0.29) is 11.4 Å². The van der Waals surface area contributed by atoms with Crippen LogP contribution in [0.4, 0.5) is 17.6 Å². The summed E-state index contributed by atoms with van der Waals surface area (Å²) in [5.74, 6) is 1.98. The molecule has 1 atom stereocenters. The van der Waals surface area contributed by atoms with Crippen LogP contribution in [0.1, 0.15) is 26.3 Å². The van der Waals surface area contributed by atoms with E-state index in [4.69, 9.17) is 11.5 Å². The van der Waals surface area contributed by atoms with Crippen molar-refractivity contribution in [3.8, 4) is 0 Å². The van der Waals surface area contributed by atoms with Crippen LogP contribution >= 0.6 is 0 Å². The monoisotopic (exact) mass is 207 g/mol. The number of nitrogens with one attached hydrogen (secondary N) is 1. The standard InChI is InChI=1S/C10H17N5/c1-5-4-13-8-6(10(5,2)3)7(11)14-9(12)15-8/h5H,4H2,1-3H3,(H5,11,12,13,14,15). The summed E-state index contributed by atoms with van der Waals surface area (Å²) in [7, 11) is 0. The first kappa shape index (κ1) is 10.0. The van der Waals surface area contributed by atoms with Crippen molar-refractivity contribution in [2.24, 2.45) is 5.92 Å². The van der Waals surface area contributed by atoms with Gasteiger partial charge in [0.05, 0.1) is 0 Å². The average Bonchev–Trinajstić information content (AvgIpc) is 2.10. The molecule has 1 aromatic heterocycles. The number of nitrogens with zero attached hydrogens (tertiary/aromatic N) is 2. The van der Waals surface area contributed by atoms with Gasteiger partial charge in [-0.1, -0.05) is 20.8 Å². The molecule has 5 nitrogen and oxygen atoms in total. The van der Waals surface area contributed by atoms with Gasteiger partial charge in [0.15, 0.2) is 0 Å². The summed E-state index contributed by atoms with van der Waals surface area (Å²) in [6.07, 6.45) is 0. The molecular formula is C10H17N5. The molecule has 0 bridgehead atoms. The second kappa shape index (κ2) is 2.98. The molecule has 0 radical (unpaired) electrons. The summed E-state index contributed by atoms with van der Waals surface area (Å²) < 4.78 is 0. The predicted molar refractivity (Wildman–Crippen MR) is 61.5 cm³/mol. The minimum absolute atomic E-state index is 0.0155. The molecule has 15 heavy (non-hydrogen) atoms. The van der Waals surface area contributed by atoms with E-state index >= 15 is 0 Å². The van der Waals surface area contributed by atoms with Gasteiger partial charge in [-0.25, -0.2) is 0 Å². The Labute approximate surface area is 89.3 Å². The molecule has 0 spiro atoms. The summed E-state index contributed by atoms with van der Waals surface area (Å²) in [5, 5.41) is 3.24. The summed E-state index contributed by atoms with van der Waals surface area (Å²) in [6.45, 7) is 7.39. The molecule has 1 aliphatic heterocycles. The van der Waals surface area contributed by atoms with Crippen LogP contribution in [0.25, 0.3) is 0 Å². The number of nitrogen functional groups attached to an aromatic ring is 2. The Bertz CT molecular complexity index is 399. The highest BCUT2D eigenvalue weighted by Crippen LogP contribution is 2.41. The smallest absolute Gasteiger partial charge is 0.223 e. The minimum atomic E-state index is -0.0155. The van der Waals surface area contributed by atoms with Gasteiger partial charge in [0.1, 0.15) is 11.6 Å². The molecule has 0 amide bonds. The number of fused-ring (bicyclic) bond motifs is 1. The fourth-order valence-corrected chi connectivity index (χ4v) is 2.01. The maximum absolute atomic E-state index is 5.91. The molecule has 0 aliphatic carbocycles. The molecule has 1 aliphatic rings. The van der Waals surface area contributed by atoms with Gasteiger partial charge in [-0.05, 0) is 5.92 Å². The lowest BCUT2D eigenvalue weighted by Crippen LogP contribution is -2.38. The first-order valence-corrected chi connectivity index (χ1v) is 5.10. The molecule has 0 aromatic carbocycles. The van der Waals surface area contributed by atoms with Crippen molar-refractivity contribution < 1.29 is 0 Å². The predicted octanol–water partition coefficient (Wildman–Crippen LogP) is 0.980. The van der Waals surface area contributed by atoms with Crippen molar-refractivity contribution in [3.63, 3.8) is 0 Å². The van der Waals surface area contributed by atoms with Gasteiger partial charge in [0.2, 0.25) is 5.95 Å². The molecule has 5 heteroatoms. The van der Waals surface area contributed by atoms with Crippen LogP contribution in [0.3, 0.4) is 0 Å². The lowest BCUT2D eigenvalue weighted by Gasteiger charge is -2.38. The highest BCUT2D eigenvalue weighted by atomic mass is 15.1. The van der Waals surface area contributed by atoms with Crippen LogP contribution in [-0.4, -0.2) is 16.5 Å². The van der Waals surface area contributed by atoms with Crippen LogP contribution in [0.15, 0.2) is 0 Å². The third-order valence-electron chi connectivity index (χ3n) is 3.41. The van der Waals surface area contributed by atoms with Crippen LogP contribution in [-0.2, 0) is 5.41 Å². The van der Waals surface area contributed by atoms with Crippen LogP contribution in [0.2, 0.25) is 0 Å². The van der Waals surface area contributed by atoms with Gasteiger partial charge in [0.25, 0.3) is 0 Å². The van der Waals surface area contributed by atoms with E-state index in [2.05, 4.69) is 36.1 Å². The van der Waals surface area contributed by atoms with Crippen LogP contribution in [0, 0.1) is 5.92 Å². The van der Waals surface area contributed by atoms with Gasteiger partial charge >= 0.3 is 0 Å². The van der Waals surface area contributed by atoms with Crippen molar-refractivity contribution in [3.05, 3.63) is 5.56 Å². The van der Waals surface area contributed by atoms with E-state index < -0.39 is 0 Å². The van der Waals surface area contributed by atoms with Crippen molar-refractivity contribution in [2.45, 2.75) is 26.2 Å². The molecular weight excluding hydrogens is 190 g/mol. The number of hydrogen-bond acceptors (Lipinski definition) is 5. The lowest BCUT2D eigenvalue weighted by molar-refractivity contribution is 0.348. The minimum Gasteiger partial charge on any atom is -0.383 e. The summed E-state index contributed by atoms with van der Waals surface area (Å²) in [4.78, 5) is 8.20. The zero-order chi connectivity index (χ0) is 11.2. The number of rotatable bonds is 0. The maximum atomic E-state index is 5.91. The lowest BCUT2D eigenvalue weighted by atomic mass is 9.72. The second-order valence-electron chi connectivity index (χ2n) is 4.69. The van der Waals surface area contributed by atoms with E-state index in [0.717, 1.165) is 17.9 Å². The first-order valence-electron chi connectivity index (χ1n) is 5.10. The number of anilines is 3. The molecule has 0 saturated heterocycles. The van der Waals surface area contributed by atoms with E-state index in [1.807, 2.05) is 0 Å². The normalized spacial score (nSPS) is 23.0. The van der Waals surface area contributed by atoms with E-state index in [1.165, 1.54) is 0 Å². The summed E-state index contributed by atoms with van der Waals surface area (Å²) >= 11 is 0. The van der Waals surface area contributed by atoms with Crippen molar-refractivity contribution >= 4 is 17.6 Å². The van der Waals surface area contributed by atoms with Crippen molar-refractivity contribution in [1.29, 1.82) is 0 Å². The summed E-state index contributed by atoms with van der Waals surface area (Å²) in [5.41, 5.74) is 12.4. The fourth-order valence-electron chi connectivity index (χ4n) is 2.01. The van der Waals surface area contributed by atoms with E-state index in [9.17, 15) is 0 Å². The van der Waals surface area contributed by atoms with Gasteiger partial charge in [0, 0.05) is 17.5 Å². The van der Waals surface area contributed by atoms with Crippen LogP contribution < -0.4 is 16.8 Å². The molecule has 1 unspecified atom stereocenters. The molecule has 2 heterocycles. The van der Waals surface area contributed by atoms with E-state index in [0.29, 0.717) is 11.7 Å². The second-order valence-corrected chi connectivity index (χ2v) is 4.69. The zero-order valence-electron chi connectivity index (χ0n) is 9.33. The fraction of sp³-hybridized carbons (Fsp3) is 0.600. The van der Waals surface area contributed by atoms with Gasteiger partial charge < -0.3 is 16.8 Å². The Balaban J connectivity index is 2.64. The Morgan fingerprint density at radius 3 is 2.67 bits per heavy atom. The van der Waals surface area contributed by atoms with Gasteiger partial charge in [-0.2, -0.15) is 9.97 Å².